The number of benzene rings is 1. The molecule has 21 heavy (non-hydrogen) atoms. The molecule has 0 spiro atoms. The molecule has 3 nitrogen and oxygen atoms in total. The smallest absolute Gasteiger partial charge is 0.123 e. The number of nitrogens with zero attached hydrogens (tertiary/aromatic N) is 1. The van der Waals surface area contributed by atoms with E-state index in [1.165, 1.54) is 44.5 Å². The molecule has 1 saturated heterocycles. The van der Waals surface area contributed by atoms with Crippen LogP contribution in [0.3, 0.4) is 0 Å². The maximum atomic E-state index is 5.42. The Balaban J connectivity index is 1.78. The molecule has 118 valence electrons. The highest BCUT2D eigenvalue weighted by molar-refractivity contribution is 5.33. The fourth-order valence-corrected chi connectivity index (χ4v) is 3.28. The van der Waals surface area contributed by atoms with Gasteiger partial charge in [-0.2, -0.15) is 0 Å². The summed E-state index contributed by atoms with van der Waals surface area (Å²) in [5.74, 6) is 1.78. The topological polar surface area (TPSA) is 24.5 Å². The van der Waals surface area contributed by atoms with Crippen LogP contribution < -0.4 is 10.1 Å². The van der Waals surface area contributed by atoms with Gasteiger partial charge in [-0.1, -0.05) is 25.1 Å². The molecular formula is C18H30N2O. The van der Waals surface area contributed by atoms with Gasteiger partial charge in [0, 0.05) is 18.2 Å². The molecule has 0 radical (unpaired) electrons. The quantitative estimate of drug-likeness (QED) is 0.834. The number of hydrogen-bond acceptors (Lipinski definition) is 3. The standard InChI is InChI=1S/C18H30N2O/c1-4-11-20-12-9-16(10-13-20)15(2)19-14-17-7-5-6-8-18(17)21-3/h5-8,15-16,19H,4,9-14H2,1-3H3. The van der Waals surface area contributed by atoms with E-state index < -0.39 is 0 Å². The van der Waals surface area contributed by atoms with Crippen LogP contribution in [0.15, 0.2) is 24.3 Å². The van der Waals surface area contributed by atoms with E-state index in [9.17, 15) is 0 Å². The molecule has 1 heterocycles. The Morgan fingerprint density at radius 3 is 2.67 bits per heavy atom. The Labute approximate surface area is 129 Å². The van der Waals surface area contributed by atoms with E-state index in [4.69, 9.17) is 4.74 Å². The fraction of sp³-hybridized carbons (Fsp3) is 0.667. The van der Waals surface area contributed by atoms with Crippen molar-refractivity contribution in [1.82, 2.24) is 10.2 Å². The van der Waals surface area contributed by atoms with Gasteiger partial charge in [0.2, 0.25) is 0 Å². The van der Waals surface area contributed by atoms with Crippen molar-refractivity contribution in [3.8, 4) is 5.75 Å². The number of ether oxygens (including phenoxy) is 1. The summed E-state index contributed by atoms with van der Waals surface area (Å²) in [5.41, 5.74) is 1.25. The van der Waals surface area contributed by atoms with E-state index in [2.05, 4.69) is 36.2 Å². The van der Waals surface area contributed by atoms with Gasteiger partial charge < -0.3 is 15.0 Å². The molecule has 1 fully saturated rings. The first-order valence-electron chi connectivity index (χ1n) is 8.32. The highest BCUT2D eigenvalue weighted by atomic mass is 16.5. The van der Waals surface area contributed by atoms with Crippen molar-refractivity contribution in [2.75, 3.05) is 26.7 Å². The average molecular weight is 290 g/mol. The number of rotatable bonds is 7. The molecule has 1 unspecified atom stereocenters. The van der Waals surface area contributed by atoms with E-state index in [0.29, 0.717) is 6.04 Å². The molecule has 1 aliphatic rings. The van der Waals surface area contributed by atoms with Crippen molar-refractivity contribution < 1.29 is 4.74 Å². The van der Waals surface area contributed by atoms with Crippen LogP contribution in [0.25, 0.3) is 0 Å². The number of para-hydroxylation sites is 1. The lowest BCUT2D eigenvalue weighted by molar-refractivity contribution is 0.162. The van der Waals surface area contributed by atoms with Gasteiger partial charge in [0.25, 0.3) is 0 Å². The number of methoxy groups -OCH3 is 1. The van der Waals surface area contributed by atoms with Crippen LogP contribution in [0.1, 0.15) is 38.7 Å². The maximum Gasteiger partial charge on any atom is 0.123 e. The Morgan fingerprint density at radius 1 is 1.29 bits per heavy atom. The van der Waals surface area contributed by atoms with Crippen LogP contribution in [0.5, 0.6) is 5.75 Å². The minimum Gasteiger partial charge on any atom is -0.496 e. The Morgan fingerprint density at radius 2 is 2.00 bits per heavy atom. The van der Waals surface area contributed by atoms with Crippen LogP contribution >= 0.6 is 0 Å². The highest BCUT2D eigenvalue weighted by Crippen LogP contribution is 2.22. The zero-order chi connectivity index (χ0) is 15.1. The maximum absolute atomic E-state index is 5.42. The Kier molecular flexibility index (Phi) is 6.52. The lowest BCUT2D eigenvalue weighted by atomic mass is 9.90. The lowest BCUT2D eigenvalue weighted by Gasteiger charge is -2.35. The van der Waals surface area contributed by atoms with Crippen LogP contribution in [0, 0.1) is 5.92 Å². The highest BCUT2D eigenvalue weighted by Gasteiger charge is 2.23. The van der Waals surface area contributed by atoms with E-state index in [0.717, 1.165) is 18.2 Å². The summed E-state index contributed by atoms with van der Waals surface area (Å²) < 4.78 is 5.42. The summed E-state index contributed by atoms with van der Waals surface area (Å²) in [6, 6.07) is 8.84. The van der Waals surface area contributed by atoms with Gasteiger partial charge in [-0.25, -0.2) is 0 Å². The van der Waals surface area contributed by atoms with Gasteiger partial charge >= 0.3 is 0 Å². The number of likely N-dealkylation sites (tertiary alicyclic amines) is 1. The largest absolute Gasteiger partial charge is 0.496 e. The minimum absolute atomic E-state index is 0.568. The summed E-state index contributed by atoms with van der Waals surface area (Å²) in [5, 5.41) is 3.69. The van der Waals surface area contributed by atoms with Crippen molar-refractivity contribution in [1.29, 1.82) is 0 Å². The second-order valence-electron chi connectivity index (χ2n) is 6.16. The first-order valence-corrected chi connectivity index (χ1v) is 8.32. The van der Waals surface area contributed by atoms with Gasteiger partial charge in [0.15, 0.2) is 0 Å². The summed E-state index contributed by atoms with van der Waals surface area (Å²) in [4.78, 5) is 2.60. The van der Waals surface area contributed by atoms with Gasteiger partial charge in [-0.15, -0.1) is 0 Å². The third-order valence-corrected chi connectivity index (χ3v) is 4.69. The number of piperidine rings is 1. The second-order valence-corrected chi connectivity index (χ2v) is 6.16. The molecule has 0 saturated carbocycles. The molecular weight excluding hydrogens is 260 g/mol. The molecule has 1 aliphatic heterocycles. The normalized spacial score (nSPS) is 18.6. The molecule has 1 N–H and O–H groups in total. The molecule has 0 bridgehead atoms. The minimum atomic E-state index is 0.568. The summed E-state index contributed by atoms with van der Waals surface area (Å²) in [6.07, 6.45) is 3.91. The lowest BCUT2D eigenvalue weighted by Crippen LogP contribution is -2.42. The van der Waals surface area contributed by atoms with E-state index in [1.807, 2.05) is 12.1 Å². The first-order chi connectivity index (χ1) is 10.2. The van der Waals surface area contributed by atoms with Crippen LogP contribution in [0.4, 0.5) is 0 Å². The first kappa shape index (κ1) is 16.3. The molecule has 1 aromatic rings. The molecule has 0 aliphatic carbocycles. The summed E-state index contributed by atoms with van der Waals surface area (Å²) >= 11 is 0. The average Bonchev–Trinajstić information content (AvgIpc) is 2.54. The zero-order valence-corrected chi connectivity index (χ0v) is 13.8. The van der Waals surface area contributed by atoms with Gasteiger partial charge in [0.05, 0.1) is 7.11 Å². The predicted octanol–water partition coefficient (Wildman–Crippen LogP) is 3.30. The van der Waals surface area contributed by atoms with Crippen LogP contribution in [0.2, 0.25) is 0 Å². The van der Waals surface area contributed by atoms with Crippen LogP contribution in [-0.2, 0) is 6.54 Å². The van der Waals surface area contributed by atoms with Gasteiger partial charge in [-0.05, 0) is 57.8 Å². The molecule has 0 aromatic heterocycles. The monoisotopic (exact) mass is 290 g/mol. The third-order valence-electron chi connectivity index (χ3n) is 4.69. The molecule has 1 atom stereocenters. The summed E-state index contributed by atoms with van der Waals surface area (Å²) in [6.45, 7) is 9.27. The predicted molar refractivity (Wildman–Crippen MR) is 88.8 cm³/mol. The zero-order valence-electron chi connectivity index (χ0n) is 13.8. The molecule has 0 amide bonds. The fourth-order valence-electron chi connectivity index (χ4n) is 3.28. The summed E-state index contributed by atoms with van der Waals surface area (Å²) in [7, 11) is 1.74. The molecule has 3 heteroatoms. The van der Waals surface area contributed by atoms with Gasteiger partial charge in [-0.3, -0.25) is 0 Å². The van der Waals surface area contributed by atoms with E-state index >= 15 is 0 Å². The molecule has 1 aromatic carbocycles. The Hall–Kier alpha value is -1.06. The van der Waals surface area contributed by atoms with Crippen LogP contribution in [-0.4, -0.2) is 37.7 Å². The van der Waals surface area contributed by atoms with Crippen molar-refractivity contribution in [2.45, 2.75) is 45.7 Å². The Bertz CT molecular complexity index is 413. The van der Waals surface area contributed by atoms with Gasteiger partial charge in [0.1, 0.15) is 5.75 Å². The number of nitrogens with one attached hydrogen (secondary N) is 1. The SMILES string of the molecule is CCCN1CCC(C(C)NCc2ccccc2OC)CC1. The van der Waals surface area contributed by atoms with Crippen molar-refractivity contribution in [3.05, 3.63) is 29.8 Å². The van der Waals surface area contributed by atoms with Crippen molar-refractivity contribution in [2.24, 2.45) is 5.92 Å². The van der Waals surface area contributed by atoms with E-state index in [1.54, 1.807) is 7.11 Å². The molecule has 2 rings (SSSR count). The second kappa shape index (κ2) is 8.40. The van der Waals surface area contributed by atoms with Crippen molar-refractivity contribution >= 4 is 0 Å². The third kappa shape index (κ3) is 4.72. The van der Waals surface area contributed by atoms with E-state index in [-0.39, 0.29) is 0 Å². The number of hydrogen-bond donors (Lipinski definition) is 1. The van der Waals surface area contributed by atoms with Crippen molar-refractivity contribution in [3.63, 3.8) is 0 Å².